The van der Waals surface area contributed by atoms with Crippen LogP contribution < -0.4 is 0 Å². The van der Waals surface area contributed by atoms with Gasteiger partial charge in [-0.05, 0) is 111 Å². The molecule has 0 aliphatic heterocycles. The first-order valence-electron chi connectivity index (χ1n) is 13.3. The normalized spacial score (nSPS) is 35.6. The molecule has 1 nitrogen and oxygen atoms in total. The number of terminal acetylenes is 1. The molecule has 4 rings (SSSR count). The van der Waals surface area contributed by atoms with Gasteiger partial charge >= 0.3 is 0 Å². The second kappa shape index (κ2) is 12.6. The Morgan fingerprint density at radius 2 is 1.78 bits per heavy atom. The Kier molecular flexibility index (Phi) is 10.6. The van der Waals surface area contributed by atoms with E-state index in [9.17, 15) is 5.11 Å². The second-order valence-electron chi connectivity index (χ2n) is 10.4. The number of rotatable bonds is 5. The molecular weight excluding hydrogens is 388 g/mol. The number of hydrogen-bond donors (Lipinski definition) is 1. The largest absolute Gasteiger partial charge is 0.389 e. The standard InChI is InChI=1S/C27H40O.C2H6.C2H2/c1-19-7-4-8-21(20(19)2)12-13-22-9-6-18-27(3)24(16-17-25(22)27)10-5-11-26(28)23-14-15-23;2*1-2/h5,11-13,19,23-26,28H,2,4,6-10,14-18H2,1,3H3;1-2H3;1-2H/b11-5+,21-12-,22-13+;;. The van der Waals surface area contributed by atoms with Crippen LogP contribution in [0.4, 0.5) is 0 Å². The van der Waals surface area contributed by atoms with E-state index in [-0.39, 0.29) is 6.10 Å². The lowest BCUT2D eigenvalue weighted by molar-refractivity contribution is 0.136. The van der Waals surface area contributed by atoms with Gasteiger partial charge in [-0.1, -0.05) is 64.2 Å². The average molecular weight is 437 g/mol. The highest BCUT2D eigenvalue weighted by Crippen LogP contribution is 2.58. The highest BCUT2D eigenvalue weighted by Gasteiger charge is 2.48. The first-order chi connectivity index (χ1) is 15.5. The minimum absolute atomic E-state index is 0.190. The van der Waals surface area contributed by atoms with Gasteiger partial charge in [-0.15, -0.1) is 12.8 Å². The van der Waals surface area contributed by atoms with E-state index in [0.29, 0.717) is 17.3 Å². The average Bonchev–Trinajstić information content (AvgIpc) is 3.61. The molecule has 5 unspecified atom stereocenters. The number of fused-ring (bicyclic) bond motifs is 1. The van der Waals surface area contributed by atoms with Crippen molar-refractivity contribution < 1.29 is 5.11 Å². The van der Waals surface area contributed by atoms with Gasteiger partial charge in [-0.25, -0.2) is 0 Å². The van der Waals surface area contributed by atoms with Crippen LogP contribution in [0.25, 0.3) is 0 Å². The topological polar surface area (TPSA) is 20.2 Å². The van der Waals surface area contributed by atoms with E-state index < -0.39 is 0 Å². The van der Waals surface area contributed by atoms with Crippen LogP contribution in [0.5, 0.6) is 0 Å². The van der Waals surface area contributed by atoms with E-state index in [1.54, 1.807) is 5.57 Å². The van der Waals surface area contributed by atoms with Crippen molar-refractivity contribution in [3.05, 3.63) is 47.6 Å². The molecule has 1 N–H and O–H groups in total. The molecule has 4 aliphatic carbocycles. The molecule has 178 valence electrons. The Labute approximate surface area is 199 Å². The van der Waals surface area contributed by atoms with Crippen molar-refractivity contribution in [1.82, 2.24) is 0 Å². The van der Waals surface area contributed by atoms with Crippen molar-refractivity contribution in [2.24, 2.45) is 29.1 Å². The van der Waals surface area contributed by atoms with Crippen molar-refractivity contribution in [2.75, 3.05) is 0 Å². The second-order valence-corrected chi connectivity index (χ2v) is 10.4. The minimum atomic E-state index is -0.190. The van der Waals surface area contributed by atoms with E-state index >= 15 is 0 Å². The van der Waals surface area contributed by atoms with Gasteiger partial charge in [0.05, 0.1) is 6.10 Å². The van der Waals surface area contributed by atoms with Crippen molar-refractivity contribution in [1.29, 1.82) is 0 Å². The molecule has 5 atom stereocenters. The van der Waals surface area contributed by atoms with Crippen LogP contribution in [0.3, 0.4) is 0 Å². The molecule has 0 radical (unpaired) electrons. The minimum Gasteiger partial charge on any atom is -0.389 e. The first-order valence-corrected chi connectivity index (χ1v) is 13.3. The maximum Gasteiger partial charge on any atom is 0.0749 e. The Morgan fingerprint density at radius 3 is 2.47 bits per heavy atom. The fourth-order valence-corrected chi connectivity index (χ4v) is 6.36. The zero-order chi connectivity index (χ0) is 23.7. The van der Waals surface area contributed by atoms with Gasteiger partial charge in [0.1, 0.15) is 0 Å². The van der Waals surface area contributed by atoms with Crippen LogP contribution in [0, 0.1) is 41.9 Å². The van der Waals surface area contributed by atoms with Crippen molar-refractivity contribution in [2.45, 2.75) is 104 Å². The Morgan fingerprint density at radius 1 is 1.06 bits per heavy atom. The molecule has 0 heterocycles. The Hall–Kier alpha value is -1.52. The molecule has 1 heteroatoms. The number of allylic oxidation sites excluding steroid dienone is 6. The summed E-state index contributed by atoms with van der Waals surface area (Å²) < 4.78 is 0. The molecular formula is C31H48O. The van der Waals surface area contributed by atoms with Gasteiger partial charge < -0.3 is 5.11 Å². The van der Waals surface area contributed by atoms with Crippen LogP contribution in [-0.2, 0) is 0 Å². The lowest BCUT2D eigenvalue weighted by Gasteiger charge is -2.42. The fourth-order valence-electron chi connectivity index (χ4n) is 6.36. The Balaban J connectivity index is 0.000000860. The summed E-state index contributed by atoms with van der Waals surface area (Å²) in [6.07, 6.45) is 31.2. The molecule has 0 aromatic rings. The molecule has 32 heavy (non-hydrogen) atoms. The van der Waals surface area contributed by atoms with Crippen LogP contribution in [0.1, 0.15) is 98.3 Å². The van der Waals surface area contributed by atoms with Gasteiger partial charge in [0.15, 0.2) is 0 Å². The van der Waals surface area contributed by atoms with E-state index in [2.05, 4.69) is 57.6 Å². The summed E-state index contributed by atoms with van der Waals surface area (Å²) in [5, 5.41) is 10.1. The highest BCUT2D eigenvalue weighted by molar-refractivity contribution is 5.36. The summed E-state index contributed by atoms with van der Waals surface area (Å²) in [4.78, 5) is 0. The lowest BCUT2D eigenvalue weighted by atomic mass is 9.63. The van der Waals surface area contributed by atoms with E-state index in [4.69, 9.17) is 0 Å². The first kappa shape index (κ1) is 26.7. The van der Waals surface area contributed by atoms with E-state index in [1.807, 2.05) is 13.8 Å². The maximum atomic E-state index is 10.1. The third-order valence-electron chi connectivity index (χ3n) is 8.61. The van der Waals surface area contributed by atoms with Crippen LogP contribution in [-0.4, -0.2) is 11.2 Å². The number of aliphatic hydroxyl groups is 1. The molecule has 4 fully saturated rings. The van der Waals surface area contributed by atoms with Gasteiger partial charge in [-0.2, -0.15) is 0 Å². The molecule has 0 amide bonds. The zero-order valence-electron chi connectivity index (χ0n) is 21.3. The van der Waals surface area contributed by atoms with Crippen molar-refractivity contribution in [3.8, 4) is 12.8 Å². The number of hydrogen-bond acceptors (Lipinski definition) is 1. The van der Waals surface area contributed by atoms with E-state index in [1.165, 1.54) is 75.4 Å². The SMILES string of the molecule is C#C.C=C1/C(=C\C=C2/CCCC3(C)C(C/C=C/C(O)C4CC4)CCC23)CCCC1C.CC. The fraction of sp³-hybridized carbons (Fsp3) is 0.677. The smallest absolute Gasteiger partial charge is 0.0749 e. The molecule has 0 aromatic heterocycles. The molecule has 4 saturated carbocycles. The summed E-state index contributed by atoms with van der Waals surface area (Å²) >= 11 is 0. The molecule has 0 aromatic carbocycles. The lowest BCUT2D eigenvalue weighted by Crippen LogP contribution is -2.33. The van der Waals surface area contributed by atoms with Crippen molar-refractivity contribution >= 4 is 0 Å². The molecule has 0 bridgehead atoms. The van der Waals surface area contributed by atoms with Crippen LogP contribution in [0.15, 0.2) is 47.6 Å². The van der Waals surface area contributed by atoms with Gasteiger partial charge in [0.25, 0.3) is 0 Å². The van der Waals surface area contributed by atoms with Crippen LogP contribution in [0.2, 0.25) is 0 Å². The zero-order valence-corrected chi connectivity index (χ0v) is 21.3. The third-order valence-corrected chi connectivity index (χ3v) is 8.61. The van der Waals surface area contributed by atoms with Gasteiger partial charge in [0, 0.05) is 0 Å². The molecule has 0 saturated heterocycles. The van der Waals surface area contributed by atoms with Gasteiger partial charge in [-0.3, -0.25) is 0 Å². The van der Waals surface area contributed by atoms with Crippen molar-refractivity contribution in [3.63, 3.8) is 0 Å². The summed E-state index contributed by atoms with van der Waals surface area (Å²) in [7, 11) is 0. The number of aliphatic hydroxyl groups excluding tert-OH is 1. The molecule has 4 aliphatic rings. The monoisotopic (exact) mass is 436 g/mol. The molecule has 0 spiro atoms. The summed E-state index contributed by atoms with van der Waals surface area (Å²) in [5.74, 6) is 2.75. The summed E-state index contributed by atoms with van der Waals surface area (Å²) in [6, 6.07) is 0. The van der Waals surface area contributed by atoms with Crippen LogP contribution >= 0.6 is 0 Å². The van der Waals surface area contributed by atoms with Gasteiger partial charge in [0.2, 0.25) is 0 Å². The highest BCUT2D eigenvalue weighted by atomic mass is 16.3. The summed E-state index contributed by atoms with van der Waals surface area (Å²) in [5.41, 5.74) is 5.04. The van der Waals surface area contributed by atoms with E-state index in [0.717, 1.165) is 18.3 Å². The third kappa shape index (κ3) is 6.29. The predicted molar refractivity (Wildman–Crippen MR) is 140 cm³/mol. The maximum absolute atomic E-state index is 10.1. The quantitative estimate of drug-likeness (QED) is 0.339. The predicted octanol–water partition coefficient (Wildman–Crippen LogP) is 8.42. The Bertz CT molecular complexity index is 716. The summed E-state index contributed by atoms with van der Waals surface area (Å²) in [6.45, 7) is 13.3.